The number of hydrogen-bond acceptors (Lipinski definition) is 5. The van der Waals surface area contributed by atoms with Crippen LogP contribution in [0.3, 0.4) is 0 Å². The Morgan fingerprint density at radius 2 is 0.776 bits per heavy atom. The van der Waals surface area contributed by atoms with E-state index >= 15 is 0 Å². The Hall–Kier alpha value is -7.89. The van der Waals surface area contributed by atoms with Crippen molar-refractivity contribution in [2.45, 2.75) is 0 Å². The number of aromatic nitrogens is 5. The molecule has 0 spiro atoms. The van der Waals surface area contributed by atoms with Crippen molar-refractivity contribution in [3.8, 4) is 67.5 Å². The van der Waals surface area contributed by atoms with Gasteiger partial charge in [0.25, 0.3) is 0 Å². The molecule has 8 aromatic carbocycles. The van der Waals surface area contributed by atoms with Crippen LogP contribution in [0.15, 0.2) is 200 Å². The van der Waals surface area contributed by atoms with E-state index in [2.05, 4.69) is 132 Å². The lowest BCUT2D eigenvalue weighted by molar-refractivity contribution is 1.07. The van der Waals surface area contributed by atoms with Crippen LogP contribution in [0.4, 0.5) is 0 Å². The molecule has 3 heterocycles. The molecule has 3 aromatic heterocycles. The zero-order chi connectivity index (χ0) is 38.4. The molecular weight excluding hydrogens is 707 g/mol. The fraction of sp³-hybridized carbons (Fsp3) is 0. The highest BCUT2D eigenvalue weighted by molar-refractivity contribution is 6.07. The Kier molecular flexibility index (Phi) is 8.07. The van der Waals surface area contributed by atoms with Gasteiger partial charge in [-0.05, 0) is 68.4 Å². The summed E-state index contributed by atoms with van der Waals surface area (Å²) in [4.78, 5) is 24.4. The molecule has 5 heteroatoms. The molecule has 0 atom stereocenters. The summed E-state index contributed by atoms with van der Waals surface area (Å²) in [5, 5.41) is 5.71. The molecule has 0 radical (unpaired) electrons. The molecule has 0 fully saturated rings. The molecule has 0 saturated carbocycles. The van der Waals surface area contributed by atoms with Gasteiger partial charge in [0.2, 0.25) is 0 Å². The maximum absolute atomic E-state index is 5.03. The van der Waals surface area contributed by atoms with Gasteiger partial charge in [0.05, 0.1) is 16.6 Å². The van der Waals surface area contributed by atoms with Gasteiger partial charge in [-0.2, -0.15) is 0 Å². The molecule has 0 saturated heterocycles. The van der Waals surface area contributed by atoms with Crippen molar-refractivity contribution in [1.82, 2.24) is 24.9 Å². The van der Waals surface area contributed by atoms with Crippen molar-refractivity contribution in [3.63, 3.8) is 0 Å². The fourth-order valence-electron chi connectivity index (χ4n) is 8.00. The highest BCUT2D eigenvalue weighted by Gasteiger charge is 2.15. The summed E-state index contributed by atoms with van der Waals surface area (Å²) in [6, 6.07) is 67.8. The number of rotatable bonds is 6. The van der Waals surface area contributed by atoms with Crippen LogP contribution >= 0.6 is 0 Å². The SMILES string of the molecule is c1ccc(-c2nc(-c3ccccc3)nc(-c3ccc(-c4ccc(-c5ccc(-c6ccc7nc8c(ccc9cccnc98)cc7c6)cc5)c5ccccc45)cc3)n2)cc1. The Bertz CT molecular complexity index is 3250. The van der Waals surface area contributed by atoms with Crippen molar-refractivity contribution < 1.29 is 0 Å². The van der Waals surface area contributed by atoms with Crippen LogP contribution in [0, 0.1) is 0 Å². The van der Waals surface area contributed by atoms with Gasteiger partial charge in [0.1, 0.15) is 0 Å². The van der Waals surface area contributed by atoms with Crippen molar-refractivity contribution >= 4 is 43.5 Å². The first-order chi connectivity index (χ1) is 28.7. The Morgan fingerprint density at radius 3 is 1.38 bits per heavy atom. The van der Waals surface area contributed by atoms with Crippen LogP contribution in [0.25, 0.3) is 111 Å². The third-order valence-electron chi connectivity index (χ3n) is 11.0. The van der Waals surface area contributed by atoms with Crippen LogP contribution in [-0.4, -0.2) is 24.9 Å². The predicted molar refractivity (Wildman–Crippen MR) is 238 cm³/mol. The molecule has 58 heavy (non-hydrogen) atoms. The molecule has 0 aliphatic heterocycles. The van der Waals surface area contributed by atoms with E-state index in [1.54, 1.807) is 0 Å². The van der Waals surface area contributed by atoms with Crippen LogP contribution in [0.2, 0.25) is 0 Å². The van der Waals surface area contributed by atoms with Crippen molar-refractivity contribution in [1.29, 1.82) is 0 Å². The number of nitrogens with zero attached hydrogens (tertiary/aromatic N) is 5. The fourth-order valence-corrected chi connectivity index (χ4v) is 8.00. The van der Waals surface area contributed by atoms with E-state index in [0.717, 1.165) is 66.1 Å². The summed E-state index contributed by atoms with van der Waals surface area (Å²) in [7, 11) is 0. The maximum atomic E-state index is 5.03. The van der Waals surface area contributed by atoms with Gasteiger partial charge < -0.3 is 0 Å². The summed E-state index contributed by atoms with van der Waals surface area (Å²) in [6.45, 7) is 0. The van der Waals surface area contributed by atoms with Gasteiger partial charge in [-0.15, -0.1) is 0 Å². The minimum Gasteiger partial charge on any atom is -0.254 e. The zero-order valence-corrected chi connectivity index (χ0v) is 31.3. The average Bonchev–Trinajstić information content (AvgIpc) is 3.31. The topological polar surface area (TPSA) is 64.5 Å². The lowest BCUT2D eigenvalue weighted by Crippen LogP contribution is -2.00. The Morgan fingerprint density at radius 1 is 0.276 bits per heavy atom. The lowest BCUT2D eigenvalue weighted by Gasteiger charge is -2.13. The average molecular weight is 740 g/mol. The largest absolute Gasteiger partial charge is 0.254 e. The summed E-state index contributed by atoms with van der Waals surface area (Å²) in [5.41, 5.74) is 12.7. The first-order valence-corrected chi connectivity index (χ1v) is 19.4. The standard InChI is InChI=1S/C53H33N5/c1-3-10-38(11-4-1)51-56-52(39-12-5-2-6-13-39)58-53(57-51)40-24-21-36(22-25-40)45-29-28-44(46-15-7-8-16-47(45)46)35-19-17-34(18-20-35)41-27-30-48-43(32-41)33-42-26-23-37-14-9-31-54-49(37)50(42)55-48/h1-33H. The zero-order valence-electron chi connectivity index (χ0n) is 31.3. The molecule has 0 N–H and O–H groups in total. The Labute approximate surface area is 335 Å². The second-order valence-electron chi connectivity index (χ2n) is 14.5. The third-order valence-corrected chi connectivity index (χ3v) is 11.0. The van der Waals surface area contributed by atoms with E-state index in [-0.39, 0.29) is 0 Å². The maximum Gasteiger partial charge on any atom is 0.164 e. The minimum absolute atomic E-state index is 0.642. The summed E-state index contributed by atoms with van der Waals surface area (Å²) < 4.78 is 0. The monoisotopic (exact) mass is 739 g/mol. The lowest BCUT2D eigenvalue weighted by atomic mass is 9.91. The van der Waals surface area contributed by atoms with Crippen molar-refractivity contribution in [2.75, 3.05) is 0 Å². The quantitative estimate of drug-likeness (QED) is 0.125. The molecular formula is C53H33N5. The van der Waals surface area contributed by atoms with E-state index in [1.165, 1.54) is 27.5 Å². The molecule has 11 aromatic rings. The molecule has 0 bridgehead atoms. The number of pyridine rings is 2. The number of fused-ring (bicyclic) bond motifs is 5. The summed E-state index contributed by atoms with van der Waals surface area (Å²) in [6.07, 6.45) is 1.83. The van der Waals surface area contributed by atoms with Gasteiger partial charge in [-0.3, -0.25) is 4.98 Å². The molecule has 0 unspecified atom stereocenters. The van der Waals surface area contributed by atoms with Crippen LogP contribution in [0.5, 0.6) is 0 Å². The van der Waals surface area contributed by atoms with Gasteiger partial charge >= 0.3 is 0 Å². The van der Waals surface area contributed by atoms with Gasteiger partial charge in [-0.25, -0.2) is 19.9 Å². The third kappa shape index (κ3) is 6.03. The highest BCUT2D eigenvalue weighted by Crippen LogP contribution is 2.38. The van der Waals surface area contributed by atoms with E-state index < -0.39 is 0 Å². The first-order valence-electron chi connectivity index (χ1n) is 19.4. The number of benzene rings is 8. The second-order valence-corrected chi connectivity index (χ2v) is 14.5. The molecule has 270 valence electrons. The summed E-state index contributed by atoms with van der Waals surface area (Å²) >= 11 is 0. The van der Waals surface area contributed by atoms with Gasteiger partial charge in [-0.1, -0.05) is 170 Å². The molecule has 0 aliphatic rings. The van der Waals surface area contributed by atoms with Gasteiger partial charge in [0, 0.05) is 39.0 Å². The normalized spacial score (nSPS) is 11.4. The van der Waals surface area contributed by atoms with Crippen molar-refractivity contribution in [3.05, 3.63) is 200 Å². The molecule has 11 rings (SSSR count). The van der Waals surface area contributed by atoms with E-state index in [0.29, 0.717) is 17.5 Å². The molecule has 0 aliphatic carbocycles. The predicted octanol–water partition coefficient (Wildman–Crippen LogP) is 13.3. The smallest absolute Gasteiger partial charge is 0.164 e. The first kappa shape index (κ1) is 33.4. The van der Waals surface area contributed by atoms with E-state index in [9.17, 15) is 0 Å². The number of hydrogen-bond donors (Lipinski definition) is 0. The van der Waals surface area contributed by atoms with Crippen LogP contribution < -0.4 is 0 Å². The minimum atomic E-state index is 0.642. The van der Waals surface area contributed by atoms with E-state index in [4.69, 9.17) is 19.9 Å². The Balaban J connectivity index is 0.908. The van der Waals surface area contributed by atoms with Crippen LogP contribution in [0.1, 0.15) is 0 Å². The van der Waals surface area contributed by atoms with Gasteiger partial charge in [0.15, 0.2) is 17.5 Å². The summed E-state index contributed by atoms with van der Waals surface area (Å²) in [5.74, 6) is 1.94. The second kappa shape index (κ2) is 14.0. The van der Waals surface area contributed by atoms with Crippen LogP contribution in [-0.2, 0) is 0 Å². The highest BCUT2D eigenvalue weighted by atomic mass is 15.0. The van der Waals surface area contributed by atoms with Crippen molar-refractivity contribution in [2.24, 2.45) is 0 Å². The molecule has 5 nitrogen and oxygen atoms in total. The molecule has 0 amide bonds. The van der Waals surface area contributed by atoms with E-state index in [1.807, 2.05) is 72.9 Å².